The second kappa shape index (κ2) is 8.63. The molecule has 4 heteroatoms. The normalized spacial score (nSPS) is 47.9. The first kappa shape index (κ1) is 23.5. The zero-order chi connectivity index (χ0) is 22.6. The fourth-order valence-electron chi connectivity index (χ4n) is 9.04. The van der Waals surface area contributed by atoms with E-state index in [-0.39, 0.29) is 35.1 Å². The molecular weight excluding hydrogens is 388 g/mol. The average Bonchev–Trinajstić information content (AvgIpc) is 3.04. The van der Waals surface area contributed by atoms with Crippen molar-refractivity contribution < 1.29 is 19.7 Å². The van der Waals surface area contributed by atoms with Crippen LogP contribution in [0.2, 0.25) is 0 Å². The highest BCUT2D eigenvalue weighted by Crippen LogP contribution is 2.68. The standard InChI is InChI=1S/C27H46O4/c1-16(2)31-24(30)9-6-17(3)20-7-8-21-25-22(11-13-27(20,21)5)26(4)12-10-19(28)14-18(26)15-23(25)29/h16-23,25,28-29H,6-15H2,1-5H3/t17-,18?,19-,20?,21?,22?,23-,25?,26+,27-/m1/s1. The van der Waals surface area contributed by atoms with Crippen molar-refractivity contribution in [3.63, 3.8) is 0 Å². The highest BCUT2D eigenvalue weighted by atomic mass is 16.5. The van der Waals surface area contributed by atoms with Gasteiger partial charge in [-0.1, -0.05) is 20.8 Å². The minimum atomic E-state index is -0.215. The zero-order valence-electron chi connectivity index (χ0n) is 20.5. The first-order valence-corrected chi connectivity index (χ1v) is 13.1. The van der Waals surface area contributed by atoms with Crippen molar-refractivity contribution in [1.29, 1.82) is 0 Å². The summed E-state index contributed by atoms with van der Waals surface area (Å²) in [4.78, 5) is 12.1. The predicted molar refractivity (Wildman–Crippen MR) is 122 cm³/mol. The van der Waals surface area contributed by atoms with Crippen LogP contribution in [0.4, 0.5) is 0 Å². The van der Waals surface area contributed by atoms with Crippen LogP contribution in [-0.4, -0.2) is 34.5 Å². The molecule has 178 valence electrons. The Bertz CT molecular complexity index is 662. The van der Waals surface area contributed by atoms with Crippen LogP contribution in [0.25, 0.3) is 0 Å². The number of aliphatic hydroxyl groups is 2. The molecule has 4 rings (SSSR count). The molecule has 4 nitrogen and oxygen atoms in total. The molecular formula is C27H46O4. The smallest absolute Gasteiger partial charge is 0.306 e. The summed E-state index contributed by atoms with van der Waals surface area (Å²) in [6.45, 7) is 11.1. The summed E-state index contributed by atoms with van der Waals surface area (Å²) in [5.41, 5.74) is 0.565. The lowest BCUT2D eigenvalue weighted by Crippen LogP contribution is -2.58. The fourth-order valence-corrected chi connectivity index (χ4v) is 9.04. The Balaban J connectivity index is 1.47. The van der Waals surface area contributed by atoms with Crippen LogP contribution in [-0.2, 0) is 9.53 Å². The second-order valence-corrected chi connectivity index (χ2v) is 12.5. The summed E-state index contributed by atoms with van der Waals surface area (Å²) in [7, 11) is 0. The molecule has 0 heterocycles. The van der Waals surface area contributed by atoms with Gasteiger partial charge in [0.2, 0.25) is 0 Å². The molecule has 0 amide bonds. The fraction of sp³-hybridized carbons (Fsp3) is 0.963. The first-order valence-electron chi connectivity index (χ1n) is 13.1. The van der Waals surface area contributed by atoms with Gasteiger partial charge in [0.15, 0.2) is 0 Å². The van der Waals surface area contributed by atoms with E-state index < -0.39 is 0 Å². The molecule has 0 spiro atoms. The molecule has 4 aliphatic rings. The van der Waals surface area contributed by atoms with Gasteiger partial charge < -0.3 is 14.9 Å². The Morgan fingerprint density at radius 2 is 1.65 bits per heavy atom. The molecule has 5 unspecified atom stereocenters. The van der Waals surface area contributed by atoms with E-state index >= 15 is 0 Å². The monoisotopic (exact) mass is 434 g/mol. The number of rotatable bonds is 5. The topological polar surface area (TPSA) is 66.8 Å². The summed E-state index contributed by atoms with van der Waals surface area (Å²) in [5, 5.41) is 21.6. The molecule has 10 atom stereocenters. The minimum Gasteiger partial charge on any atom is -0.463 e. The lowest BCUT2D eigenvalue weighted by molar-refractivity contribution is -0.174. The number of hydrogen-bond donors (Lipinski definition) is 2. The van der Waals surface area contributed by atoms with Crippen LogP contribution < -0.4 is 0 Å². The highest BCUT2D eigenvalue weighted by molar-refractivity contribution is 5.69. The number of hydrogen-bond acceptors (Lipinski definition) is 4. The van der Waals surface area contributed by atoms with Crippen molar-refractivity contribution in [2.45, 2.75) is 117 Å². The number of ether oxygens (including phenoxy) is 1. The molecule has 0 aromatic heterocycles. The third-order valence-corrected chi connectivity index (χ3v) is 10.6. The Hall–Kier alpha value is -0.610. The Kier molecular flexibility index (Phi) is 6.55. The van der Waals surface area contributed by atoms with Gasteiger partial charge in [-0.25, -0.2) is 0 Å². The SMILES string of the molecule is CC(C)OC(=O)CC[C@@H](C)C1CCC2C3C(CC[C@@]21C)[C@@]1(C)CC[C@@H](O)CC1C[C@H]3O. The minimum absolute atomic E-state index is 0.0367. The molecule has 4 saturated carbocycles. The number of aliphatic hydroxyl groups excluding tert-OH is 2. The Morgan fingerprint density at radius 1 is 0.968 bits per heavy atom. The van der Waals surface area contributed by atoms with Crippen molar-refractivity contribution in [1.82, 2.24) is 0 Å². The average molecular weight is 435 g/mol. The summed E-state index contributed by atoms with van der Waals surface area (Å²) < 4.78 is 5.36. The van der Waals surface area contributed by atoms with Gasteiger partial charge in [-0.3, -0.25) is 4.79 Å². The van der Waals surface area contributed by atoms with Gasteiger partial charge >= 0.3 is 5.97 Å². The lowest BCUT2D eigenvalue weighted by atomic mass is 9.43. The number of esters is 1. The zero-order valence-corrected chi connectivity index (χ0v) is 20.5. The number of fused-ring (bicyclic) bond motifs is 5. The van der Waals surface area contributed by atoms with Gasteiger partial charge in [-0.05, 0) is 118 Å². The van der Waals surface area contributed by atoms with Crippen LogP contribution in [0, 0.1) is 46.3 Å². The molecule has 0 aromatic carbocycles. The predicted octanol–water partition coefficient (Wildman–Crippen LogP) is 5.34. The van der Waals surface area contributed by atoms with Crippen LogP contribution in [0.5, 0.6) is 0 Å². The lowest BCUT2D eigenvalue weighted by Gasteiger charge is -2.62. The second-order valence-electron chi connectivity index (χ2n) is 12.5. The largest absolute Gasteiger partial charge is 0.463 e. The summed E-state index contributed by atoms with van der Waals surface area (Å²) in [5.74, 6) is 3.17. The van der Waals surface area contributed by atoms with E-state index in [1.807, 2.05) is 13.8 Å². The van der Waals surface area contributed by atoms with Crippen LogP contribution >= 0.6 is 0 Å². The van der Waals surface area contributed by atoms with E-state index in [0.29, 0.717) is 41.9 Å². The molecule has 2 N–H and O–H groups in total. The van der Waals surface area contributed by atoms with E-state index in [2.05, 4.69) is 20.8 Å². The van der Waals surface area contributed by atoms with E-state index in [1.165, 1.54) is 25.7 Å². The number of carbonyl (C=O) groups is 1. The Morgan fingerprint density at radius 3 is 2.35 bits per heavy atom. The maximum atomic E-state index is 12.1. The van der Waals surface area contributed by atoms with Crippen molar-refractivity contribution in [2.75, 3.05) is 0 Å². The molecule has 4 aliphatic carbocycles. The quantitative estimate of drug-likeness (QED) is 0.573. The van der Waals surface area contributed by atoms with E-state index in [1.54, 1.807) is 0 Å². The highest BCUT2D eigenvalue weighted by Gasteiger charge is 2.62. The van der Waals surface area contributed by atoms with E-state index in [9.17, 15) is 15.0 Å². The Labute approximate surface area is 189 Å². The van der Waals surface area contributed by atoms with Crippen LogP contribution in [0.1, 0.15) is 98.8 Å². The number of carbonyl (C=O) groups excluding carboxylic acids is 1. The first-order chi connectivity index (χ1) is 14.6. The van der Waals surface area contributed by atoms with Gasteiger partial charge in [-0.2, -0.15) is 0 Å². The van der Waals surface area contributed by atoms with Gasteiger partial charge in [0.25, 0.3) is 0 Å². The van der Waals surface area contributed by atoms with Gasteiger partial charge in [-0.15, -0.1) is 0 Å². The van der Waals surface area contributed by atoms with Crippen molar-refractivity contribution in [2.24, 2.45) is 46.3 Å². The van der Waals surface area contributed by atoms with E-state index in [4.69, 9.17) is 4.74 Å². The maximum absolute atomic E-state index is 12.1. The van der Waals surface area contributed by atoms with Gasteiger partial charge in [0.1, 0.15) is 0 Å². The van der Waals surface area contributed by atoms with Crippen LogP contribution in [0.3, 0.4) is 0 Å². The van der Waals surface area contributed by atoms with Crippen LogP contribution in [0.15, 0.2) is 0 Å². The van der Waals surface area contributed by atoms with Gasteiger partial charge in [0.05, 0.1) is 18.3 Å². The molecule has 0 bridgehead atoms. The summed E-state index contributed by atoms with van der Waals surface area (Å²) in [6, 6.07) is 0. The summed E-state index contributed by atoms with van der Waals surface area (Å²) >= 11 is 0. The summed E-state index contributed by atoms with van der Waals surface area (Å²) in [6.07, 6.45) is 9.74. The third-order valence-electron chi connectivity index (χ3n) is 10.6. The van der Waals surface area contributed by atoms with Crippen molar-refractivity contribution >= 4 is 5.97 Å². The third kappa shape index (κ3) is 4.09. The molecule has 4 fully saturated rings. The van der Waals surface area contributed by atoms with Crippen molar-refractivity contribution in [3.05, 3.63) is 0 Å². The van der Waals surface area contributed by atoms with Crippen molar-refractivity contribution in [3.8, 4) is 0 Å². The maximum Gasteiger partial charge on any atom is 0.306 e. The van der Waals surface area contributed by atoms with E-state index in [0.717, 1.165) is 32.1 Å². The van der Waals surface area contributed by atoms with Gasteiger partial charge in [0, 0.05) is 6.42 Å². The molecule has 0 aromatic rings. The molecule has 31 heavy (non-hydrogen) atoms. The molecule has 0 radical (unpaired) electrons. The molecule has 0 saturated heterocycles. The molecule has 0 aliphatic heterocycles.